The van der Waals surface area contributed by atoms with Crippen LogP contribution in [0.1, 0.15) is 25.1 Å². The molecule has 0 atom stereocenters. The fourth-order valence-corrected chi connectivity index (χ4v) is 1.45. The van der Waals surface area contributed by atoms with Crippen LogP contribution in [0.4, 0.5) is 0 Å². The molecule has 0 aromatic carbocycles. The molecule has 1 heterocycles. The van der Waals surface area contributed by atoms with Gasteiger partial charge in [0.2, 0.25) is 0 Å². The van der Waals surface area contributed by atoms with Crippen LogP contribution in [0.3, 0.4) is 0 Å². The first-order chi connectivity index (χ1) is 8.26. The van der Waals surface area contributed by atoms with Gasteiger partial charge in [0, 0.05) is 31.5 Å². The molecule has 0 saturated carbocycles. The number of rotatable bonds is 5. The van der Waals surface area contributed by atoms with Crippen molar-refractivity contribution in [3.05, 3.63) is 29.6 Å². The van der Waals surface area contributed by atoms with E-state index in [4.69, 9.17) is 0 Å². The molecule has 1 rings (SSSR count). The number of hydrogen-bond donors (Lipinski definition) is 2. The number of nitrogens with one attached hydrogen (secondary N) is 2. The van der Waals surface area contributed by atoms with Gasteiger partial charge in [0.05, 0.1) is 0 Å². The summed E-state index contributed by atoms with van der Waals surface area (Å²) in [5.41, 5.74) is 2.28. The van der Waals surface area contributed by atoms with Gasteiger partial charge in [0.25, 0.3) is 0 Å². The minimum absolute atomic E-state index is 0. The molecule has 5 heteroatoms. The molecule has 0 fully saturated rings. The van der Waals surface area contributed by atoms with Crippen molar-refractivity contribution >= 4 is 29.9 Å². The smallest absolute Gasteiger partial charge is 0.191 e. The molecular weight excluding hydrogens is 339 g/mol. The number of pyridine rings is 1. The Hall–Kier alpha value is -0.850. The predicted molar refractivity (Wildman–Crippen MR) is 87.7 cm³/mol. The van der Waals surface area contributed by atoms with Gasteiger partial charge in [0.15, 0.2) is 5.96 Å². The van der Waals surface area contributed by atoms with Gasteiger partial charge in [-0.25, -0.2) is 0 Å². The fourth-order valence-electron chi connectivity index (χ4n) is 1.45. The van der Waals surface area contributed by atoms with Crippen LogP contribution in [0.15, 0.2) is 23.3 Å². The second-order valence-corrected chi connectivity index (χ2v) is 3.85. The molecule has 0 amide bonds. The molecule has 0 bridgehead atoms. The summed E-state index contributed by atoms with van der Waals surface area (Å²) in [6.07, 6.45) is 2.85. The second-order valence-electron chi connectivity index (χ2n) is 3.85. The van der Waals surface area contributed by atoms with E-state index >= 15 is 0 Å². The summed E-state index contributed by atoms with van der Waals surface area (Å²) < 4.78 is 0. The molecule has 0 aliphatic rings. The lowest BCUT2D eigenvalue weighted by atomic mass is 10.2. The van der Waals surface area contributed by atoms with E-state index in [-0.39, 0.29) is 24.0 Å². The van der Waals surface area contributed by atoms with Gasteiger partial charge in [-0.3, -0.25) is 9.98 Å². The van der Waals surface area contributed by atoms with Gasteiger partial charge in [-0.1, -0.05) is 6.07 Å². The van der Waals surface area contributed by atoms with Crippen LogP contribution < -0.4 is 10.6 Å². The predicted octanol–water partition coefficient (Wildman–Crippen LogP) is 2.13. The highest BCUT2D eigenvalue weighted by Crippen LogP contribution is 2.00. The lowest BCUT2D eigenvalue weighted by molar-refractivity contribution is 0.832. The highest BCUT2D eigenvalue weighted by atomic mass is 127. The van der Waals surface area contributed by atoms with Gasteiger partial charge in [-0.05, 0) is 38.8 Å². The minimum Gasteiger partial charge on any atom is -0.357 e. The molecule has 0 spiro atoms. The Kier molecular flexibility index (Phi) is 9.63. The highest BCUT2D eigenvalue weighted by molar-refractivity contribution is 14.0. The van der Waals surface area contributed by atoms with E-state index in [1.807, 2.05) is 19.2 Å². The SMILES string of the molecule is CCNC(=NCCc1ccc(C)nc1)NCC.I. The molecule has 0 aliphatic heterocycles. The first-order valence-electron chi connectivity index (χ1n) is 6.20. The average molecular weight is 362 g/mol. The van der Waals surface area contributed by atoms with E-state index < -0.39 is 0 Å². The van der Waals surface area contributed by atoms with Crippen molar-refractivity contribution in [2.24, 2.45) is 4.99 Å². The van der Waals surface area contributed by atoms with E-state index in [0.717, 1.165) is 37.7 Å². The maximum absolute atomic E-state index is 4.49. The molecule has 0 saturated heterocycles. The topological polar surface area (TPSA) is 49.3 Å². The molecule has 0 aliphatic carbocycles. The summed E-state index contributed by atoms with van der Waals surface area (Å²) in [6, 6.07) is 4.15. The van der Waals surface area contributed by atoms with Crippen LogP contribution in [0.25, 0.3) is 0 Å². The summed E-state index contributed by atoms with van der Waals surface area (Å²) in [5.74, 6) is 0.884. The molecule has 18 heavy (non-hydrogen) atoms. The molecule has 4 nitrogen and oxygen atoms in total. The molecular formula is C13H23IN4. The molecule has 0 unspecified atom stereocenters. The molecule has 1 aromatic heterocycles. The number of aryl methyl sites for hydroxylation is 1. The summed E-state index contributed by atoms with van der Waals surface area (Å²) in [4.78, 5) is 8.76. The monoisotopic (exact) mass is 362 g/mol. The van der Waals surface area contributed by atoms with E-state index in [0.29, 0.717) is 0 Å². The van der Waals surface area contributed by atoms with Crippen LogP contribution in [0.2, 0.25) is 0 Å². The Bertz CT molecular complexity index is 341. The Morgan fingerprint density at radius 3 is 2.39 bits per heavy atom. The number of halogens is 1. The summed E-state index contributed by atoms with van der Waals surface area (Å²) >= 11 is 0. The quantitative estimate of drug-likeness (QED) is 0.479. The Balaban J connectivity index is 0.00000289. The molecule has 102 valence electrons. The zero-order chi connectivity index (χ0) is 12.5. The van der Waals surface area contributed by atoms with Gasteiger partial charge >= 0.3 is 0 Å². The van der Waals surface area contributed by atoms with Crippen LogP contribution >= 0.6 is 24.0 Å². The third-order valence-corrected chi connectivity index (χ3v) is 2.33. The Labute approximate surface area is 127 Å². The standard InChI is InChI=1S/C13H22N4.HI/c1-4-14-13(15-5-2)16-9-8-12-7-6-11(3)17-10-12;/h6-7,10H,4-5,8-9H2,1-3H3,(H2,14,15,16);1H. The first-order valence-corrected chi connectivity index (χ1v) is 6.20. The van der Waals surface area contributed by atoms with Crippen LogP contribution in [-0.2, 0) is 6.42 Å². The number of guanidine groups is 1. The zero-order valence-electron chi connectivity index (χ0n) is 11.4. The van der Waals surface area contributed by atoms with Crippen LogP contribution in [-0.4, -0.2) is 30.6 Å². The molecule has 1 aromatic rings. The van der Waals surface area contributed by atoms with Crippen molar-refractivity contribution in [1.82, 2.24) is 15.6 Å². The average Bonchev–Trinajstić information content (AvgIpc) is 2.32. The van der Waals surface area contributed by atoms with Gasteiger partial charge in [0.1, 0.15) is 0 Å². The molecule has 2 N–H and O–H groups in total. The zero-order valence-corrected chi connectivity index (χ0v) is 13.7. The number of hydrogen-bond acceptors (Lipinski definition) is 2. The van der Waals surface area contributed by atoms with Gasteiger partial charge < -0.3 is 10.6 Å². The minimum atomic E-state index is 0. The van der Waals surface area contributed by atoms with Crippen molar-refractivity contribution in [2.45, 2.75) is 27.2 Å². The number of aliphatic imine (C=N–C) groups is 1. The van der Waals surface area contributed by atoms with E-state index in [9.17, 15) is 0 Å². The maximum Gasteiger partial charge on any atom is 0.191 e. The largest absolute Gasteiger partial charge is 0.357 e. The number of nitrogens with zero attached hydrogens (tertiary/aromatic N) is 2. The van der Waals surface area contributed by atoms with Crippen LogP contribution in [0.5, 0.6) is 0 Å². The summed E-state index contributed by atoms with van der Waals surface area (Å²) in [7, 11) is 0. The normalized spacial score (nSPS) is 9.28. The third kappa shape index (κ3) is 6.78. The van der Waals surface area contributed by atoms with E-state index in [2.05, 4.69) is 40.5 Å². The number of aromatic nitrogens is 1. The summed E-state index contributed by atoms with van der Waals surface area (Å²) in [5, 5.41) is 6.40. The van der Waals surface area contributed by atoms with E-state index in [1.54, 1.807) is 0 Å². The fraction of sp³-hybridized carbons (Fsp3) is 0.538. The third-order valence-electron chi connectivity index (χ3n) is 2.33. The lowest BCUT2D eigenvalue weighted by Crippen LogP contribution is -2.37. The van der Waals surface area contributed by atoms with Crippen molar-refractivity contribution in [3.63, 3.8) is 0 Å². The second kappa shape index (κ2) is 10.1. The van der Waals surface area contributed by atoms with Crippen molar-refractivity contribution in [3.8, 4) is 0 Å². The van der Waals surface area contributed by atoms with Crippen LogP contribution in [0, 0.1) is 6.92 Å². The Morgan fingerprint density at radius 2 is 1.89 bits per heavy atom. The van der Waals surface area contributed by atoms with Crippen molar-refractivity contribution in [1.29, 1.82) is 0 Å². The van der Waals surface area contributed by atoms with Gasteiger partial charge in [-0.15, -0.1) is 24.0 Å². The van der Waals surface area contributed by atoms with Crippen molar-refractivity contribution in [2.75, 3.05) is 19.6 Å². The van der Waals surface area contributed by atoms with Crippen molar-refractivity contribution < 1.29 is 0 Å². The lowest BCUT2D eigenvalue weighted by Gasteiger charge is -2.08. The van der Waals surface area contributed by atoms with E-state index in [1.165, 1.54) is 5.56 Å². The maximum atomic E-state index is 4.49. The molecule has 0 radical (unpaired) electrons. The summed E-state index contributed by atoms with van der Waals surface area (Å²) in [6.45, 7) is 8.68. The van der Waals surface area contributed by atoms with Gasteiger partial charge in [-0.2, -0.15) is 0 Å². The highest BCUT2D eigenvalue weighted by Gasteiger charge is 1.95. The first kappa shape index (κ1) is 17.2. The Morgan fingerprint density at radius 1 is 1.22 bits per heavy atom.